The maximum atomic E-state index is 13.5. The number of likely N-dealkylation sites (tertiary alicyclic amines) is 1. The zero-order valence-corrected chi connectivity index (χ0v) is 15.9. The molecule has 1 aliphatic rings. The molecule has 0 bridgehead atoms. The summed E-state index contributed by atoms with van der Waals surface area (Å²) in [5.41, 5.74) is 0.978. The molecule has 5 nitrogen and oxygen atoms in total. The third-order valence-corrected chi connectivity index (χ3v) is 5.19. The average Bonchev–Trinajstić information content (AvgIpc) is 2.68. The molecule has 2 N–H and O–H groups in total. The van der Waals surface area contributed by atoms with Crippen LogP contribution in [-0.2, 0) is 0 Å². The molecular weight excluding hydrogens is 369 g/mol. The molecule has 144 valence electrons. The van der Waals surface area contributed by atoms with Crippen molar-refractivity contribution in [3.63, 3.8) is 0 Å². The number of aliphatic hydroxyl groups excluding tert-OH is 1. The van der Waals surface area contributed by atoms with E-state index in [-0.39, 0.29) is 17.5 Å². The van der Waals surface area contributed by atoms with Crippen molar-refractivity contribution in [2.75, 3.05) is 25.0 Å². The fraction of sp³-hybridized carbons (Fsp3) is 0.400. The second kappa shape index (κ2) is 8.67. The van der Waals surface area contributed by atoms with Gasteiger partial charge in [0, 0.05) is 25.8 Å². The van der Waals surface area contributed by atoms with Crippen molar-refractivity contribution in [1.29, 1.82) is 0 Å². The van der Waals surface area contributed by atoms with E-state index in [9.17, 15) is 14.3 Å². The van der Waals surface area contributed by atoms with Gasteiger partial charge in [0.25, 0.3) is 5.91 Å². The van der Waals surface area contributed by atoms with E-state index in [1.165, 1.54) is 18.3 Å². The van der Waals surface area contributed by atoms with E-state index >= 15 is 0 Å². The number of benzene rings is 1. The maximum absolute atomic E-state index is 13.5. The lowest BCUT2D eigenvalue weighted by molar-refractivity contribution is 0.0697. The van der Waals surface area contributed by atoms with Gasteiger partial charge in [-0.05, 0) is 48.6 Å². The second-order valence-corrected chi connectivity index (χ2v) is 7.38. The molecule has 1 fully saturated rings. The Hall–Kier alpha value is -2.18. The van der Waals surface area contributed by atoms with Crippen LogP contribution in [0, 0.1) is 11.7 Å². The van der Waals surface area contributed by atoms with Gasteiger partial charge in [0.2, 0.25) is 0 Å². The van der Waals surface area contributed by atoms with Crippen LogP contribution < -0.4 is 5.32 Å². The number of aromatic nitrogens is 1. The van der Waals surface area contributed by atoms with Crippen LogP contribution in [0.2, 0.25) is 5.02 Å². The Kier molecular flexibility index (Phi) is 6.29. The quantitative estimate of drug-likeness (QED) is 0.811. The smallest absolute Gasteiger partial charge is 0.255 e. The summed E-state index contributed by atoms with van der Waals surface area (Å²) in [5, 5.41) is 13.2. The number of piperidine rings is 1. The number of halogens is 2. The summed E-state index contributed by atoms with van der Waals surface area (Å²) in [6.45, 7) is 3.93. The van der Waals surface area contributed by atoms with Crippen LogP contribution in [0.5, 0.6) is 0 Å². The van der Waals surface area contributed by atoms with Gasteiger partial charge in [-0.3, -0.25) is 4.79 Å². The topological polar surface area (TPSA) is 65.5 Å². The number of carbonyl (C=O) groups excluding carboxylic acids is 1. The SMILES string of the molecule is CC1CCN(C(=O)c2ccc(NCC(O)c3ccc(Cl)c(F)c3)nc2)CC1. The number of anilines is 1. The summed E-state index contributed by atoms with van der Waals surface area (Å²) in [4.78, 5) is 18.6. The van der Waals surface area contributed by atoms with Gasteiger partial charge in [0.1, 0.15) is 11.6 Å². The molecule has 0 aliphatic carbocycles. The van der Waals surface area contributed by atoms with Crippen LogP contribution in [0.1, 0.15) is 41.8 Å². The number of amides is 1. The maximum Gasteiger partial charge on any atom is 0.255 e. The molecular formula is C20H23ClFN3O2. The third kappa shape index (κ3) is 4.96. The van der Waals surface area contributed by atoms with Crippen molar-refractivity contribution in [1.82, 2.24) is 9.88 Å². The predicted molar refractivity (Wildman–Crippen MR) is 103 cm³/mol. The molecule has 1 aliphatic heterocycles. The molecule has 1 saturated heterocycles. The summed E-state index contributed by atoms with van der Waals surface area (Å²) in [5.74, 6) is 0.630. The highest BCUT2D eigenvalue weighted by Gasteiger charge is 2.21. The minimum Gasteiger partial charge on any atom is -0.387 e. The van der Waals surface area contributed by atoms with E-state index in [2.05, 4.69) is 17.2 Å². The first kappa shape index (κ1) is 19.6. The number of nitrogens with zero attached hydrogens (tertiary/aromatic N) is 2. The zero-order valence-electron chi connectivity index (χ0n) is 15.2. The largest absolute Gasteiger partial charge is 0.387 e. The molecule has 3 rings (SSSR count). The fourth-order valence-corrected chi connectivity index (χ4v) is 3.18. The highest BCUT2D eigenvalue weighted by atomic mass is 35.5. The summed E-state index contributed by atoms with van der Waals surface area (Å²) in [7, 11) is 0. The van der Waals surface area contributed by atoms with Crippen molar-refractivity contribution in [2.45, 2.75) is 25.9 Å². The Morgan fingerprint density at radius 2 is 2.11 bits per heavy atom. The zero-order chi connectivity index (χ0) is 19.4. The van der Waals surface area contributed by atoms with E-state index in [4.69, 9.17) is 11.6 Å². The van der Waals surface area contributed by atoms with E-state index in [1.54, 1.807) is 18.2 Å². The minimum absolute atomic E-state index is 0.00220. The number of hydrogen-bond acceptors (Lipinski definition) is 4. The van der Waals surface area contributed by atoms with Gasteiger partial charge in [0.05, 0.1) is 16.7 Å². The molecule has 7 heteroatoms. The second-order valence-electron chi connectivity index (χ2n) is 6.98. The Morgan fingerprint density at radius 1 is 1.37 bits per heavy atom. The van der Waals surface area contributed by atoms with Crippen LogP contribution >= 0.6 is 11.6 Å². The van der Waals surface area contributed by atoms with Crippen molar-refractivity contribution < 1.29 is 14.3 Å². The highest BCUT2D eigenvalue weighted by Crippen LogP contribution is 2.21. The summed E-state index contributed by atoms with van der Waals surface area (Å²) in [6, 6.07) is 7.63. The van der Waals surface area contributed by atoms with Gasteiger partial charge in [-0.15, -0.1) is 0 Å². The standard InChI is InChI=1S/C20H23ClFN3O2/c1-13-6-8-25(9-7-13)20(27)15-3-5-19(23-11-15)24-12-18(26)14-2-4-16(21)17(22)10-14/h2-5,10-11,13,18,26H,6-9,12H2,1H3,(H,23,24). The molecule has 1 atom stereocenters. The first-order chi connectivity index (χ1) is 12.9. The van der Waals surface area contributed by atoms with E-state index < -0.39 is 11.9 Å². The first-order valence-electron chi connectivity index (χ1n) is 9.06. The van der Waals surface area contributed by atoms with Gasteiger partial charge in [-0.25, -0.2) is 9.37 Å². The molecule has 0 saturated carbocycles. The van der Waals surface area contributed by atoms with Crippen LogP contribution in [0.3, 0.4) is 0 Å². The number of pyridine rings is 1. The molecule has 1 aromatic heterocycles. The summed E-state index contributed by atoms with van der Waals surface area (Å²) >= 11 is 5.65. The highest BCUT2D eigenvalue weighted by molar-refractivity contribution is 6.30. The number of carbonyl (C=O) groups is 1. The van der Waals surface area contributed by atoms with Crippen molar-refractivity contribution in [3.05, 3.63) is 58.5 Å². The molecule has 27 heavy (non-hydrogen) atoms. The molecule has 2 aromatic rings. The third-order valence-electron chi connectivity index (χ3n) is 4.89. The predicted octanol–water partition coefficient (Wildman–Crippen LogP) is 3.89. The van der Waals surface area contributed by atoms with Crippen LogP contribution in [0.15, 0.2) is 36.5 Å². The Bertz CT molecular complexity index is 792. The van der Waals surface area contributed by atoms with Crippen LogP contribution in [0.25, 0.3) is 0 Å². The van der Waals surface area contributed by atoms with E-state index in [1.807, 2.05) is 4.90 Å². The van der Waals surface area contributed by atoms with Crippen molar-refractivity contribution in [2.24, 2.45) is 5.92 Å². The first-order valence-corrected chi connectivity index (χ1v) is 9.44. The number of aliphatic hydroxyl groups is 1. The molecule has 1 amide bonds. The Balaban J connectivity index is 1.55. The van der Waals surface area contributed by atoms with Crippen molar-refractivity contribution >= 4 is 23.3 Å². The van der Waals surface area contributed by atoms with Crippen LogP contribution in [0.4, 0.5) is 10.2 Å². The van der Waals surface area contributed by atoms with Gasteiger partial charge in [-0.2, -0.15) is 0 Å². The van der Waals surface area contributed by atoms with E-state index in [0.29, 0.717) is 22.9 Å². The Morgan fingerprint density at radius 3 is 2.74 bits per heavy atom. The van der Waals surface area contributed by atoms with Gasteiger partial charge in [0.15, 0.2) is 0 Å². The van der Waals surface area contributed by atoms with Crippen LogP contribution in [-0.4, -0.2) is 40.5 Å². The summed E-state index contributed by atoms with van der Waals surface area (Å²) < 4.78 is 13.5. The molecule has 0 radical (unpaired) electrons. The average molecular weight is 392 g/mol. The van der Waals surface area contributed by atoms with Gasteiger partial charge >= 0.3 is 0 Å². The lowest BCUT2D eigenvalue weighted by Crippen LogP contribution is -2.37. The normalized spacial score (nSPS) is 16.2. The molecule has 2 heterocycles. The Labute approximate surface area is 163 Å². The monoisotopic (exact) mass is 391 g/mol. The number of rotatable bonds is 5. The minimum atomic E-state index is -0.907. The lowest BCUT2D eigenvalue weighted by atomic mass is 9.99. The van der Waals surface area contributed by atoms with Gasteiger partial charge in [-0.1, -0.05) is 24.6 Å². The summed E-state index contributed by atoms with van der Waals surface area (Å²) in [6.07, 6.45) is 2.69. The molecule has 1 unspecified atom stereocenters. The van der Waals surface area contributed by atoms with Crippen molar-refractivity contribution in [3.8, 4) is 0 Å². The molecule has 1 aromatic carbocycles. The van der Waals surface area contributed by atoms with Gasteiger partial charge < -0.3 is 15.3 Å². The number of hydrogen-bond donors (Lipinski definition) is 2. The number of nitrogens with one attached hydrogen (secondary N) is 1. The lowest BCUT2D eigenvalue weighted by Gasteiger charge is -2.30. The van der Waals surface area contributed by atoms with E-state index in [0.717, 1.165) is 25.9 Å². The molecule has 0 spiro atoms. The fourth-order valence-electron chi connectivity index (χ4n) is 3.06.